The van der Waals surface area contributed by atoms with Gasteiger partial charge in [0.25, 0.3) is 0 Å². The molecule has 1 aliphatic heterocycles. The number of anilines is 2. The zero-order valence-corrected chi connectivity index (χ0v) is 9.70. The Balaban J connectivity index is 2.27. The van der Waals surface area contributed by atoms with Crippen LogP contribution in [0.25, 0.3) is 0 Å². The number of benzene rings is 1. The molecule has 0 radical (unpaired) electrons. The number of Topliss-reactive ketones (excluding diaryl/α,β-unsaturated/α-hetero) is 1. The highest BCUT2D eigenvalue weighted by Gasteiger charge is 2.13. The molecule has 1 aromatic carbocycles. The van der Waals surface area contributed by atoms with Gasteiger partial charge in [0.05, 0.1) is 0 Å². The molecule has 0 spiro atoms. The number of nitrogens with zero attached hydrogens (tertiary/aromatic N) is 1. The van der Waals surface area contributed by atoms with E-state index in [-0.39, 0.29) is 5.78 Å². The standard InChI is InChI=1S/C13H18N2O/c1-10(16)12-9-11(5-6-13(12)14)15-7-3-2-4-8-15/h5-6,9H,2-4,7-8,14H2,1H3. The van der Waals surface area contributed by atoms with E-state index in [0.29, 0.717) is 11.3 Å². The number of carbonyl (C=O) groups is 1. The summed E-state index contributed by atoms with van der Waals surface area (Å²) in [5, 5.41) is 0. The molecular formula is C13H18N2O. The molecular weight excluding hydrogens is 200 g/mol. The Labute approximate surface area is 96.2 Å². The number of rotatable bonds is 2. The Kier molecular flexibility index (Phi) is 3.13. The Morgan fingerprint density at radius 3 is 2.56 bits per heavy atom. The predicted molar refractivity (Wildman–Crippen MR) is 66.9 cm³/mol. The van der Waals surface area contributed by atoms with Gasteiger partial charge in [-0.2, -0.15) is 0 Å². The van der Waals surface area contributed by atoms with Crippen LogP contribution in [0.3, 0.4) is 0 Å². The zero-order valence-electron chi connectivity index (χ0n) is 9.70. The topological polar surface area (TPSA) is 46.3 Å². The van der Waals surface area contributed by atoms with E-state index in [0.717, 1.165) is 18.8 Å². The van der Waals surface area contributed by atoms with Crippen molar-refractivity contribution in [2.45, 2.75) is 26.2 Å². The maximum Gasteiger partial charge on any atom is 0.161 e. The second-order valence-electron chi connectivity index (χ2n) is 4.38. The van der Waals surface area contributed by atoms with Gasteiger partial charge < -0.3 is 10.6 Å². The second-order valence-corrected chi connectivity index (χ2v) is 4.38. The molecule has 0 atom stereocenters. The summed E-state index contributed by atoms with van der Waals surface area (Å²) in [6.07, 6.45) is 3.78. The molecule has 16 heavy (non-hydrogen) atoms. The maximum absolute atomic E-state index is 11.4. The minimum atomic E-state index is 0.0383. The molecule has 2 rings (SSSR count). The monoisotopic (exact) mass is 218 g/mol. The van der Waals surface area contributed by atoms with Crippen molar-refractivity contribution in [3.8, 4) is 0 Å². The summed E-state index contributed by atoms with van der Waals surface area (Å²) >= 11 is 0. The van der Waals surface area contributed by atoms with E-state index >= 15 is 0 Å². The summed E-state index contributed by atoms with van der Waals surface area (Å²) in [5.41, 5.74) is 8.12. The largest absolute Gasteiger partial charge is 0.398 e. The van der Waals surface area contributed by atoms with E-state index in [9.17, 15) is 4.79 Å². The molecule has 0 saturated carbocycles. The summed E-state index contributed by atoms with van der Waals surface area (Å²) in [4.78, 5) is 13.7. The molecule has 1 fully saturated rings. The Morgan fingerprint density at radius 2 is 1.94 bits per heavy atom. The quantitative estimate of drug-likeness (QED) is 0.612. The van der Waals surface area contributed by atoms with Crippen molar-refractivity contribution in [1.29, 1.82) is 0 Å². The van der Waals surface area contributed by atoms with Crippen LogP contribution < -0.4 is 10.6 Å². The number of carbonyl (C=O) groups excluding carboxylic acids is 1. The fraction of sp³-hybridized carbons (Fsp3) is 0.462. The van der Waals surface area contributed by atoms with Gasteiger partial charge in [-0.05, 0) is 44.4 Å². The van der Waals surface area contributed by atoms with Crippen LogP contribution in [-0.4, -0.2) is 18.9 Å². The predicted octanol–water partition coefficient (Wildman–Crippen LogP) is 2.46. The average Bonchev–Trinajstić information content (AvgIpc) is 2.30. The van der Waals surface area contributed by atoms with E-state index in [1.54, 1.807) is 6.92 Å². The van der Waals surface area contributed by atoms with Crippen molar-refractivity contribution in [2.75, 3.05) is 23.7 Å². The number of nitrogens with two attached hydrogens (primary N) is 1. The fourth-order valence-corrected chi connectivity index (χ4v) is 2.20. The van der Waals surface area contributed by atoms with Crippen LogP contribution in [-0.2, 0) is 0 Å². The Hall–Kier alpha value is -1.51. The number of ketones is 1. The SMILES string of the molecule is CC(=O)c1cc(N2CCCCC2)ccc1N. The fourth-order valence-electron chi connectivity index (χ4n) is 2.20. The van der Waals surface area contributed by atoms with Crippen molar-refractivity contribution >= 4 is 17.2 Å². The van der Waals surface area contributed by atoms with Gasteiger partial charge in [0, 0.05) is 30.0 Å². The summed E-state index contributed by atoms with van der Waals surface area (Å²) < 4.78 is 0. The average molecular weight is 218 g/mol. The highest BCUT2D eigenvalue weighted by molar-refractivity contribution is 6.00. The van der Waals surface area contributed by atoms with Crippen LogP contribution in [0.5, 0.6) is 0 Å². The van der Waals surface area contributed by atoms with Crippen LogP contribution in [0.15, 0.2) is 18.2 Å². The summed E-state index contributed by atoms with van der Waals surface area (Å²) in [7, 11) is 0. The van der Waals surface area contributed by atoms with Crippen LogP contribution in [0.4, 0.5) is 11.4 Å². The van der Waals surface area contributed by atoms with Gasteiger partial charge in [0.1, 0.15) is 0 Å². The zero-order chi connectivity index (χ0) is 11.5. The van der Waals surface area contributed by atoms with E-state index in [2.05, 4.69) is 4.90 Å². The van der Waals surface area contributed by atoms with Gasteiger partial charge >= 0.3 is 0 Å². The molecule has 1 aliphatic rings. The van der Waals surface area contributed by atoms with Gasteiger partial charge in [-0.25, -0.2) is 0 Å². The highest BCUT2D eigenvalue weighted by atomic mass is 16.1. The van der Waals surface area contributed by atoms with Crippen LogP contribution in [0.1, 0.15) is 36.5 Å². The molecule has 0 amide bonds. The lowest BCUT2D eigenvalue weighted by Crippen LogP contribution is -2.29. The van der Waals surface area contributed by atoms with Crippen molar-refractivity contribution in [2.24, 2.45) is 0 Å². The van der Waals surface area contributed by atoms with E-state index < -0.39 is 0 Å². The molecule has 3 heteroatoms. The third-order valence-electron chi connectivity index (χ3n) is 3.14. The number of nitrogen functional groups attached to an aromatic ring is 1. The van der Waals surface area contributed by atoms with Gasteiger partial charge in [0.15, 0.2) is 5.78 Å². The van der Waals surface area contributed by atoms with Crippen molar-refractivity contribution in [1.82, 2.24) is 0 Å². The first-order valence-corrected chi connectivity index (χ1v) is 5.84. The van der Waals surface area contributed by atoms with E-state index in [4.69, 9.17) is 5.73 Å². The molecule has 1 aromatic rings. The first kappa shape index (κ1) is 11.0. The molecule has 0 aromatic heterocycles. The Morgan fingerprint density at radius 1 is 1.25 bits per heavy atom. The van der Waals surface area contributed by atoms with Crippen LogP contribution in [0.2, 0.25) is 0 Å². The van der Waals surface area contributed by atoms with Crippen molar-refractivity contribution in [3.63, 3.8) is 0 Å². The first-order valence-electron chi connectivity index (χ1n) is 5.84. The summed E-state index contributed by atoms with van der Waals surface area (Å²) in [5.74, 6) is 0.0383. The lowest BCUT2D eigenvalue weighted by molar-refractivity contribution is 0.101. The summed E-state index contributed by atoms with van der Waals surface area (Å²) in [6, 6.07) is 5.76. The minimum absolute atomic E-state index is 0.0383. The third-order valence-corrected chi connectivity index (χ3v) is 3.14. The first-order chi connectivity index (χ1) is 7.68. The van der Waals surface area contributed by atoms with Gasteiger partial charge in [-0.1, -0.05) is 0 Å². The summed E-state index contributed by atoms with van der Waals surface area (Å²) in [6.45, 7) is 3.73. The van der Waals surface area contributed by atoms with Gasteiger partial charge in [-0.3, -0.25) is 4.79 Å². The lowest BCUT2D eigenvalue weighted by atomic mass is 10.1. The molecule has 0 bridgehead atoms. The Bertz CT molecular complexity index is 395. The van der Waals surface area contributed by atoms with Crippen LogP contribution in [0, 0.1) is 0 Å². The molecule has 1 heterocycles. The number of piperidine rings is 1. The molecule has 2 N–H and O–H groups in total. The minimum Gasteiger partial charge on any atom is -0.398 e. The molecule has 0 unspecified atom stereocenters. The molecule has 3 nitrogen and oxygen atoms in total. The van der Waals surface area contributed by atoms with E-state index in [1.165, 1.54) is 19.3 Å². The molecule has 86 valence electrons. The van der Waals surface area contributed by atoms with Crippen molar-refractivity contribution in [3.05, 3.63) is 23.8 Å². The van der Waals surface area contributed by atoms with Gasteiger partial charge in [0.2, 0.25) is 0 Å². The molecule has 1 saturated heterocycles. The normalized spacial score (nSPS) is 16.2. The number of hydrogen-bond donors (Lipinski definition) is 1. The van der Waals surface area contributed by atoms with E-state index in [1.807, 2.05) is 18.2 Å². The third kappa shape index (κ3) is 2.18. The second kappa shape index (κ2) is 4.56. The van der Waals surface area contributed by atoms with Gasteiger partial charge in [-0.15, -0.1) is 0 Å². The van der Waals surface area contributed by atoms with Crippen molar-refractivity contribution < 1.29 is 4.79 Å². The maximum atomic E-state index is 11.4. The molecule has 0 aliphatic carbocycles. The number of hydrogen-bond acceptors (Lipinski definition) is 3. The smallest absolute Gasteiger partial charge is 0.161 e. The highest BCUT2D eigenvalue weighted by Crippen LogP contribution is 2.24. The lowest BCUT2D eigenvalue weighted by Gasteiger charge is -2.29. The van der Waals surface area contributed by atoms with Crippen LogP contribution >= 0.6 is 0 Å².